The Morgan fingerprint density at radius 1 is 1.21 bits per heavy atom. The zero-order valence-corrected chi connectivity index (χ0v) is 15.4. The Bertz CT molecular complexity index is 702. The minimum Gasteiger partial charge on any atom is -0.497 e. The van der Waals surface area contributed by atoms with Gasteiger partial charge >= 0.3 is 0 Å². The molecule has 0 fully saturated rings. The molecule has 0 aliphatic heterocycles. The van der Waals surface area contributed by atoms with E-state index in [1.807, 2.05) is 43.1 Å². The van der Waals surface area contributed by atoms with Crippen LogP contribution >= 0.6 is 23.2 Å². The van der Waals surface area contributed by atoms with Gasteiger partial charge in [0.15, 0.2) is 0 Å². The lowest BCUT2D eigenvalue weighted by atomic mass is 10.1. The average molecular weight is 367 g/mol. The quantitative estimate of drug-likeness (QED) is 0.820. The molecule has 0 aromatic heterocycles. The Morgan fingerprint density at radius 2 is 1.83 bits per heavy atom. The van der Waals surface area contributed by atoms with Gasteiger partial charge in [0.1, 0.15) is 5.75 Å². The number of hydrogen-bond acceptors (Lipinski definition) is 3. The third-order valence-corrected chi connectivity index (χ3v) is 4.45. The van der Waals surface area contributed by atoms with Gasteiger partial charge in [-0.15, -0.1) is 0 Å². The second-order valence-corrected chi connectivity index (χ2v) is 6.34. The summed E-state index contributed by atoms with van der Waals surface area (Å²) in [7, 11) is 3.52. The van der Waals surface area contributed by atoms with Crippen molar-refractivity contribution in [3.63, 3.8) is 0 Å². The van der Waals surface area contributed by atoms with Crippen LogP contribution in [-0.2, 0) is 11.3 Å². The molecule has 0 spiro atoms. The maximum Gasteiger partial charge on any atom is 0.241 e. The van der Waals surface area contributed by atoms with Crippen LogP contribution in [0, 0.1) is 0 Å². The van der Waals surface area contributed by atoms with E-state index in [0.717, 1.165) is 11.3 Å². The molecule has 0 aliphatic rings. The van der Waals surface area contributed by atoms with Crippen molar-refractivity contribution >= 4 is 34.8 Å². The van der Waals surface area contributed by atoms with Crippen molar-refractivity contribution < 1.29 is 9.53 Å². The molecule has 1 amide bonds. The molecule has 2 aromatic rings. The number of nitrogens with one attached hydrogen (secondary N) is 1. The predicted octanol–water partition coefficient (Wildman–Crippen LogP) is 4.46. The van der Waals surface area contributed by atoms with Gasteiger partial charge < -0.3 is 10.1 Å². The van der Waals surface area contributed by atoms with E-state index in [2.05, 4.69) is 5.32 Å². The fraction of sp³-hybridized carbons (Fsp3) is 0.278. The molecule has 1 atom stereocenters. The van der Waals surface area contributed by atoms with Crippen molar-refractivity contribution in [2.45, 2.75) is 19.5 Å². The Morgan fingerprint density at radius 3 is 2.46 bits per heavy atom. The highest BCUT2D eigenvalue weighted by atomic mass is 35.5. The van der Waals surface area contributed by atoms with Crippen LogP contribution in [0.3, 0.4) is 0 Å². The maximum atomic E-state index is 12.5. The summed E-state index contributed by atoms with van der Waals surface area (Å²) >= 11 is 12.2. The Balaban J connectivity index is 2.04. The predicted molar refractivity (Wildman–Crippen MR) is 99.0 cm³/mol. The Kier molecular flexibility index (Phi) is 6.49. The van der Waals surface area contributed by atoms with Gasteiger partial charge in [0.05, 0.1) is 28.9 Å². The van der Waals surface area contributed by atoms with E-state index in [4.69, 9.17) is 27.9 Å². The first kappa shape index (κ1) is 18.6. The van der Waals surface area contributed by atoms with Gasteiger partial charge in [0, 0.05) is 6.54 Å². The molecule has 0 radical (unpaired) electrons. The van der Waals surface area contributed by atoms with E-state index < -0.39 is 0 Å². The van der Waals surface area contributed by atoms with Gasteiger partial charge in [-0.2, -0.15) is 0 Å². The average Bonchev–Trinajstić information content (AvgIpc) is 2.57. The van der Waals surface area contributed by atoms with Gasteiger partial charge in [-0.05, 0) is 43.8 Å². The van der Waals surface area contributed by atoms with Crippen LogP contribution in [0.15, 0.2) is 42.5 Å². The van der Waals surface area contributed by atoms with Crippen molar-refractivity contribution in [2.75, 3.05) is 19.5 Å². The number of benzene rings is 2. The molecule has 0 bridgehead atoms. The van der Waals surface area contributed by atoms with Crippen LogP contribution in [0.25, 0.3) is 0 Å². The first-order valence-corrected chi connectivity index (χ1v) is 8.26. The second-order valence-electron chi connectivity index (χ2n) is 5.53. The molecule has 2 rings (SSSR count). The molecule has 24 heavy (non-hydrogen) atoms. The van der Waals surface area contributed by atoms with Crippen molar-refractivity contribution in [1.29, 1.82) is 0 Å². The summed E-state index contributed by atoms with van der Waals surface area (Å²) in [5, 5.41) is 3.63. The molecule has 1 unspecified atom stereocenters. The summed E-state index contributed by atoms with van der Waals surface area (Å²) in [6.45, 7) is 2.45. The normalized spacial score (nSPS) is 12.1. The van der Waals surface area contributed by atoms with E-state index in [1.54, 1.807) is 25.3 Å². The molecule has 2 aromatic carbocycles. The maximum absolute atomic E-state index is 12.5. The smallest absolute Gasteiger partial charge is 0.241 e. The molecule has 0 aliphatic carbocycles. The number of halogens is 2. The summed E-state index contributed by atoms with van der Waals surface area (Å²) in [6, 6.07) is 12.5. The third kappa shape index (κ3) is 4.63. The lowest BCUT2D eigenvalue weighted by Crippen LogP contribution is -2.39. The highest BCUT2D eigenvalue weighted by molar-refractivity contribution is 6.39. The number of carbonyl (C=O) groups is 1. The number of methoxy groups -OCH3 is 1. The number of anilines is 1. The minimum atomic E-state index is -0.358. The van der Waals surface area contributed by atoms with Gasteiger partial charge in [-0.25, -0.2) is 0 Å². The largest absolute Gasteiger partial charge is 0.497 e. The standard InChI is InChI=1S/C18H20Cl2N2O2/c1-12(18(23)21-17-15(19)8-5-9-16(17)20)22(2)11-13-6-4-7-14(10-13)24-3/h4-10,12H,11H2,1-3H3,(H,21,23). The lowest BCUT2D eigenvalue weighted by molar-refractivity contribution is -0.120. The fourth-order valence-corrected chi connectivity index (χ4v) is 2.73. The van der Waals surface area contributed by atoms with Gasteiger partial charge in [-0.3, -0.25) is 9.69 Å². The monoisotopic (exact) mass is 366 g/mol. The van der Waals surface area contributed by atoms with Crippen molar-refractivity contribution in [3.8, 4) is 5.75 Å². The summed E-state index contributed by atoms with van der Waals surface area (Å²) < 4.78 is 5.22. The molecule has 0 saturated heterocycles. The number of para-hydroxylation sites is 1. The van der Waals surface area contributed by atoms with Crippen LogP contribution in [0.5, 0.6) is 5.75 Å². The van der Waals surface area contributed by atoms with E-state index in [9.17, 15) is 4.79 Å². The summed E-state index contributed by atoms with van der Waals surface area (Å²) in [4.78, 5) is 14.4. The molecule has 0 saturated carbocycles. The zero-order chi connectivity index (χ0) is 17.7. The molecule has 1 N–H and O–H groups in total. The van der Waals surface area contributed by atoms with Crippen LogP contribution in [0.2, 0.25) is 10.0 Å². The topological polar surface area (TPSA) is 41.6 Å². The number of likely N-dealkylation sites (N-methyl/N-ethyl adjacent to an activating group) is 1. The SMILES string of the molecule is COc1cccc(CN(C)C(C)C(=O)Nc2c(Cl)cccc2Cl)c1. The summed E-state index contributed by atoms with van der Waals surface area (Å²) in [5.41, 5.74) is 1.50. The van der Waals surface area contributed by atoms with E-state index in [1.165, 1.54) is 0 Å². The van der Waals surface area contributed by atoms with Crippen molar-refractivity contribution in [3.05, 3.63) is 58.1 Å². The fourth-order valence-electron chi connectivity index (χ4n) is 2.24. The molecule has 4 nitrogen and oxygen atoms in total. The molecular weight excluding hydrogens is 347 g/mol. The molecule has 128 valence electrons. The van der Waals surface area contributed by atoms with Gasteiger partial charge in [0.25, 0.3) is 0 Å². The van der Waals surface area contributed by atoms with Crippen molar-refractivity contribution in [2.24, 2.45) is 0 Å². The van der Waals surface area contributed by atoms with Crippen LogP contribution in [0.1, 0.15) is 12.5 Å². The van der Waals surface area contributed by atoms with E-state index >= 15 is 0 Å². The highest BCUT2D eigenvalue weighted by Crippen LogP contribution is 2.30. The highest BCUT2D eigenvalue weighted by Gasteiger charge is 2.20. The molecular formula is C18H20Cl2N2O2. The van der Waals surface area contributed by atoms with E-state index in [0.29, 0.717) is 22.3 Å². The Hall–Kier alpha value is -1.75. The number of carbonyl (C=O) groups excluding carboxylic acids is 1. The first-order valence-electron chi connectivity index (χ1n) is 7.50. The Labute approximate surface area is 152 Å². The zero-order valence-electron chi connectivity index (χ0n) is 13.8. The minimum absolute atomic E-state index is 0.171. The summed E-state index contributed by atoms with van der Waals surface area (Å²) in [6.07, 6.45) is 0. The second kappa shape index (κ2) is 8.38. The number of nitrogens with zero attached hydrogens (tertiary/aromatic N) is 1. The number of ether oxygens (including phenoxy) is 1. The number of hydrogen-bond donors (Lipinski definition) is 1. The first-order chi connectivity index (χ1) is 11.4. The molecule has 6 heteroatoms. The lowest BCUT2D eigenvalue weighted by Gasteiger charge is -2.24. The number of amides is 1. The van der Waals surface area contributed by atoms with Gasteiger partial charge in [0.2, 0.25) is 5.91 Å². The van der Waals surface area contributed by atoms with E-state index in [-0.39, 0.29) is 11.9 Å². The van der Waals surface area contributed by atoms with Gasteiger partial charge in [-0.1, -0.05) is 41.4 Å². The van der Waals surface area contributed by atoms with Crippen LogP contribution in [0.4, 0.5) is 5.69 Å². The van der Waals surface area contributed by atoms with Crippen LogP contribution < -0.4 is 10.1 Å². The third-order valence-electron chi connectivity index (χ3n) is 3.82. The summed E-state index contributed by atoms with van der Waals surface area (Å²) in [5.74, 6) is 0.622. The van der Waals surface area contributed by atoms with Crippen molar-refractivity contribution in [1.82, 2.24) is 4.90 Å². The van der Waals surface area contributed by atoms with Crippen LogP contribution in [-0.4, -0.2) is 31.0 Å². The number of rotatable bonds is 6. The molecule has 0 heterocycles.